The van der Waals surface area contributed by atoms with E-state index in [0.29, 0.717) is 5.56 Å². The Balaban J connectivity index is 3.27. The fourth-order valence-electron chi connectivity index (χ4n) is 2.20. The third-order valence-corrected chi connectivity index (χ3v) is 5.99. The molecule has 0 fully saturated rings. The number of carbonyl (C=O) groups excluding carboxylic acids is 2. The SMILES string of the molecule is COC(=O)C(O/N=C(\C)c1ccc([N+](=O)[O-])cc1)C(C(=O)OC)P(=O)(OC)OC. The van der Waals surface area contributed by atoms with Crippen LogP contribution in [0, 0.1) is 10.1 Å². The smallest absolute Gasteiger partial charge is 0.351 e. The minimum absolute atomic E-state index is 0.123. The molecule has 12 nitrogen and oxygen atoms in total. The lowest BCUT2D eigenvalue weighted by Gasteiger charge is -2.26. The molecule has 0 amide bonds. The predicted octanol–water partition coefficient (Wildman–Crippen LogP) is 1.90. The van der Waals surface area contributed by atoms with Crippen molar-refractivity contribution in [3.63, 3.8) is 0 Å². The van der Waals surface area contributed by atoms with E-state index >= 15 is 0 Å². The summed E-state index contributed by atoms with van der Waals surface area (Å²) in [5.74, 6) is -2.18. The van der Waals surface area contributed by atoms with E-state index < -0.39 is 36.2 Å². The molecule has 0 spiro atoms. The van der Waals surface area contributed by atoms with E-state index in [1.807, 2.05) is 0 Å². The van der Waals surface area contributed by atoms with Gasteiger partial charge in [-0.25, -0.2) is 4.79 Å². The van der Waals surface area contributed by atoms with Crippen molar-refractivity contribution in [1.29, 1.82) is 0 Å². The van der Waals surface area contributed by atoms with Gasteiger partial charge in [-0.15, -0.1) is 0 Å². The number of methoxy groups -OCH3 is 2. The maximum atomic E-state index is 12.8. The molecule has 0 aromatic heterocycles. The number of benzene rings is 1. The molecule has 1 rings (SSSR count). The highest BCUT2D eigenvalue weighted by molar-refractivity contribution is 7.55. The highest BCUT2D eigenvalue weighted by atomic mass is 31.2. The van der Waals surface area contributed by atoms with E-state index in [1.54, 1.807) is 0 Å². The second-order valence-corrected chi connectivity index (χ2v) is 7.77. The fraction of sp³-hybridized carbons (Fsp3) is 0.438. The van der Waals surface area contributed by atoms with Crippen LogP contribution in [0.1, 0.15) is 12.5 Å². The van der Waals surface area contributed by atoms with Crippen LogP contribution in [-0.4, -0.2) is 62.8 Å². The van der Waals surface area contributed by atoms with Gasteiger partial charge in [-0.3, -0.25) is 19.5 Å². The van der Waals surface area contributed by atoms with Crippen molar-refractivity contribution >= 4 is 30.9 Å². The second kappa shape index (κ2) is 10.6. The normalized spacial score (nSPS) is 13.9. The fourth-order valence-corrected chi connectivity index (χ4v) is 3.67. The molecule has 1 aromatic rings. The van der Waals surface area contributed by atoms with Gasteiger partial charge in [0.2, 0.25) is 11.8 Å². The lowest BCUT2D eigenvalue weighted by molar-refractivity contribution is -0.384. The van der Waals surface area contributed by atoms with Crippen LogP contribution in [0.3, 0.4) is 0 Å². The molecule has 0 N–H and O–H groups in total. The van der Waals surface area contributed by atoms with Gasteiger partial charge in [0.15, 0.2) is 0 Å². The molecule has 0 radical (unpaired) electrons. The van der Waals surface area contributed by atoms with Crippen LogP contribution < -0.4 is 0 Å². The Morgan fingerprint density at radius 3 is 1.97 bits per heavy atom. The Bertz CT molecular complexity index is 815. The Morgan fingerprint density at radius 1 is 1.03 bits per heavy atom. The van der Waals surface area contributed by atoms with Crippen molar-refractivity contribution in [2.75, 3.05) is 28.4 Å². The van der Waals surface area contributed by atoms with Crippen LogP contribution in [0.15, 0.2) is 29.4 Å². The van der Waals surface area contributed by atoms with Gasteiger partial charge in [-0.1, -0.05) is 5.16 Å². The van der Waals surface area contributed by atoms with E-state index in [-0.39, 0.29) is 11.4 Å². The minimum Gasteiger partial charge on any atom is -0.468 e. The number of carbonyl (C=O) groups is 2. The molecular formula is C16H21N2O10P. The number of nitrogens with zero attached hydrogens (tertiary/aromatic N) is 2. The van der Waals surface area contributed by atoms with Crippen molar-refractivity contribution < 1.29 is 42.4 Å². The van der Waals surface area contributed by atoms with Gasteiger partial charge in [-0.2, -0.15) is 0 Å². The van der Waals surface area contributed by atoms with Crippen molar-refractivity contribution in [2.24, 2.45) is 5.16 Å². The van der Waals surface area contributed by atoms with Crippen LogP contribution in [-0.2, 0) is 37.5 Å². The lowest BCUT2D eigenvalue weighted by atomic mass is 10.1. The third-order valence-electron chi connectivity index (χ3n) is 3.81. The van der Waals surface area contributed by atoms with E-state index in [4.69, 9.17) is 13.9 Å². The van der Waals surface area contributed by atoms with Crippen LogP contribution in [0.25, 0.3) is 0 Å². The minimum atomic E-state index is -4.18. The van der Waals surface area contributed by atoms with Crippen molar-refractivity contribution in [3.05, 3.63) is 39.9 Å². The summed E-state index contributed by atoms with van der Waals surface area (Å²) in [6.45, 7) is 1.49. The van der Waals surface area contributed by atoms with Crippen molar-refractivity contribution in [1.82, 2.24) is 0 Å². The first-order valence-electron chi connectivity index (χ1n) is 7.97. The quantitative estimate of drug-likeness (QED) is 0.176. The van der Waals surface area contributed by atoms with Gasteiger partial charge in [-0.05, 0) is 24.6 Å². The van der Waals surface area contributed by atoms with E-state index in [0.717, 1.165) is 28.4 Å². The summed E-state index contributed by atoms with van der Waals surface area (Å²) >= 11 is 0. The number of nitro benzene ring substituents is 1. The molecule has 0 heterocycles. The Morgan fingerprint density at radius 2 is 1.55 bits per heavy atom. The zero-order valence-corrected chi connectivity index (χ0v) is 17.3. The summed E-state index contributed by atoms with van der Waals surface area (Å²) < 4.78 is 31.6. The molecule has 2 atom stereocenters. The Labute approximate surface area is 166 Å². The Kier molecular flexibility index (Phi) is 8.89. The zero-order chi connectivity index (χ0) is 22.2. The lowest BCUT2D eigenvalue weighted by Crippen LogP contribution is -2.43. The molecule has 13 heteroatoms. The first kappa shape index (κ1) is 24.2. The molecule has 0 saturated carbocycles. The van der Waals surface area contributed by atoms with E-state index in [9.17, 15) is 24.3 Å². The van der Waals surface area contributed by atoms with E-state index in [2.05, 4.69) is 14.6 Å². The number of rotatable bonds is 10. The maximum absolute atomic E-state index is 12.8. The highest BCUT2D eigenvalue weighted by Gasteiger charge is 2.52. The number of oxime groups is 1. The average molecular weight is 432 g/mol. The standard InChI is InChI=1S/C16H21N2O10P/c1-10(11-6-8-12(9-7-11)18(21)22)17-28-13(15(19)24-2)14(16(20)25-3)29(23,26-4)27-5/h6-9,13-14H,1-5H3/b17-10+. The molecule has 2 unspecified atom stereocenters. The van der Waals surface area contributed by atoms with Crippen LogP contribution in [0.4, 0.5) is 5.69 Å². The van der Waals surface area contributed by atoms with Gasteiger partial charge in [0, 0.05) is 26.4 Å². The summed E-state index contributed by atoms with van der Waals surface area (Å²) in [7, 11) is -0.0750. The van der Waals surface area contributed by atoms with Gasteiger partial charge in [0.1, 0.15) is 0 Å². The summed E-state index contributed by atoms with van der Waals surface area (Å²) in [5.41, 5.74) is -1.29. The number of hydrogen-bond acceptors (Lipinski definition) is 11. The highest BCUT2D eigenvalue weighted by Crippen LogP contribution is 2.54. The number of non-ortho nitro benzene ring substituents is 1. The molecule has 1 aromatic carbocycles. The number of ether oxygens (including phenoxy) is 2. The van der Waals surface area contributed by atoms with Crippen molar-refractivity contribution in [2.45, 2.75) is 18.7 Å². The van der Waals surface area contributed by atoms with Crippen LogP contribution in [0.2, 0.25) is 0 Å². The molecule has 29 heavy (non-hydrogen) atoms. The number of esters is 2. The maximum Gasteiger partial charge on any atom is 0.351 e. The number of nitro groups is 1. The monoisotopic (exact) mass is 432 g/mol. The summed E-state index contributed by atoms with van der Waals surface area (Å²) in [6.07, 6.45) is -1.81. The third kappa shape index (κ3) is 5.83. The first-order chi connectivity index (χ1) is 13.6. The zero-order valence-electron chi connectivity index (χ0n) is 16.4. The van der Waals surface area contributed by atoms with Gasteiger partial charge in [0.25, 0.3) is 5.69 Å². The average Bonchev–Trinajstić information content (AvgIpc) is 2.74. The van der Waals surface area contributed by atoms with Crippen LogP contribution >= 0.6 is 7.60 Å². The topological polar surface area (TPSA) is 153 Å². The second-order valence-electron chi connectivity index (χ2n) is 5.40. The molecule has 0 aliphatic heterocycles. The molecule has 0 saturated heterocycles. The van der Waals surface area contributed by atoms with E-state index in [1.165, 1.54) is 31.2 Å². The van der Waals surface area contributed by atoms with Gasteiger partial charge < -0.3 is 23.4 Å². The largest absolute Gasteiger partial charge is 0.468 e. The summed E-state index contributed by atoms with van der Waals surface area (Å²) in [4.78, 5) is 39.7. The van der Waals surface area contributed by atoms with Crippen LogP contribution in [0.5, 0.6) is 0 Å². The summed E-state index contributed by atoms with van der Waals surface area (Å²) in [5, 5.41) is 14.5. The summed E-state index contributed by atoms with van der Waals surface area (Å²) in [6, 6.07) is 5.35. The first-order valence-corrected chi connectivity index (χ1v) is 9.58. The van der Waals surface area contributed by atoms with Gasteiger partial charge in [0.05, 0.1) is 24.9 Å². The molecule has 0 aliphatic rings. The van der Waals surface area contributed by atoms with Crippen molar-refractivity contribution in [3.8, 4) is 0 Å². The molecule has 160 valence electrons. The Hall–Kier alpha value is -2.82. The van der Waals surface area contributed by atoms with Gasteiger partial charge >= 0.3 is 19.5 Å². The number of hydrogen-bond donors (Lipinski definition) is 0. The molecule has 0 bridgehead atoms. The molecular weight excluding hydrogens is 411 g/mol. The predicted molar refractivity (Wildman–Crippen MR) is 99.6 cm³/mol. The molecule has 0 aliphatic carbocycles.